The Bertz CT molecular complexity index is 365. The van der Waals surface area contributed by atoms with Gasteiger partial charge in [-0.1, -0.05) is 0 Å². The summed E-state index contributed by atoms with van der Waals surface area (Å²) in [6.45, 7) is 5.87. The van der Waals surface area contributed by atoms with E-state index in [1.54, 1.807) is 0 Å². The van der Waals surface area contributed by atoms with Crippen LogP contribution in [0, 0.1) is 17.2 Å². The predicted molar refractivity (Wildman–Crippen MR) is 76.7 cm³/mol. The summed E-state index contributed by atoms with van der Waals surface area (Å²) >= 11 is 0. The predicted octanol–water partition coefficient (Wildman–Crippen LogP) is 2.67. The molecule has 0 aromatic rings. The molecule has 0 spiro atoms. The van der Waals surface area contributed by atoms with Crippen molar-refractivity contribution in [2.24, 2.45) is 5.92 Å². The number of hydrogen-bond acceptors (Lipinski definition) is 3. The molecule has 3 aliphatic carbocycles. The van der Waals surface area contributed by atoms with Crippen molar-refractivity contribution < 1.29 is 0 Å². The first-order valence-corrected chi connectivity index (χ1v) is 8.06. The van der Waals surface area contributed by atoms with Gasteiger partial charge in [-0.3, -0.25) is 10.2 Å². The van der Waals surface area contributed by atoms with E-state index < -0.39 is 0 Å². The van der Waals surface area contributed by atoms with Crippen LogP contribution >= 0.6 is 0 Å². The SMILES string of the molecule is CC(C)N(CC1CC1)C1CCC(C#N)(NC2CC2)C1. The second kappa shape index (κ2) is 5.07. The van der Waals surface area contributed by atoms with Crippen molar-refractivity contribution in [2.45, 2.75) is 82.5 Å². The maximum atomic E-state index is 9.59. The van der Waals surface area contributed by atoms with Gasteiger partial charge in [-0.2, -0.15) is 5.26 Å². The van der Waals surface area contributed by atoms with Crippen molar-refractivity contribution in [1.29, 1.82) is 5.26 Å². The van der Waals surface area contributed by atoms with Crippen LogP contribution in [-0.2, 0) is 0 Å². The molecule has 3 heteroatoms. The molecule has 0 amide bonds. The summed E-state index contributed by atoms with van der Waals surface area (Å²) in [6, 6.07) is 4.47. The third-order valence-electron chi connectivity index (χ3n) is 5.06. The van der Waals surface area contributed by atoms with E-state index in [1.807, 2.05) is 0 Å². The van der Waals surface area contributed by atoms with Crippen LogP contribution in [0.25, 0.3) is 0 Å². The Hall–Kier alpha value is -0.590. The Kier molecular flexibility index (Phi) is 3.57. The lowest BCUT2D eigenvalue weighted by Gasteiger charge is -2.33. The van der Waals surface area contributed by atoms with Crippen molar-refractivity contribution >= 4 is 0 Å². The minimum atomic E-state index is -0.220. The average Bonchev–Trinajstić information content (AvgIpc) is 3.28. The molecular weight excluding hydrogens is 234 g/mol. The van der Waals surface area contributed by atoms with Crippen LogP contribution in [0.4, 0.5) is 0 Å². The lowest BCUT2D eigenvalue weighted by molar-refractivity contribution is 0.143. The van der Waals surface area contributed by atoms with Gasteiger partial charge in [-0.15, -0.1) is 0 Å². The Morgan fingerprint density at radius 3 is 2.53 bits per heavy atom. The highest BCUT2D eigenvalue weighted by molar-refractivity contribution is 5.15. The van der Waals surface area contributed by atoms with Crippen LogP contribution in [0.15, 0.2) is 0 Å². The molecule has 0 heterocycles. The topological polar surface area (TPSA) is 39.1 Å². The molecule has 3 aliphatic rings. The fourth-order valence-corrected chi connectivity index (χ4v) is 3.57. The molecule has 0 bridgehead atoms. The molecular formula is C16H27N3. The zero-order valence-corrected chi connectivity index (χ0v) is 12.4. The van der Waals surface area contributed by atoms with E-state index in [0.717, 1.165) is 18.8 Å². The molecule has 1 N–H and O–H groups in total. The van der Waals surface area contributed by atoms with Crippen LogP contribution in [0.5, 0.6) is 0 Å². The molecule has 0 aromatic carbocycles. The largest absolute Gasteiger partial charge is 0.298 e. The van der Waals surface area contributed by atoms with E-state index in [1.165, 1.54) is 38.6 Å². The summed E-state index contributed by atoms with van der Waals surface area (Å²) in [5.74, 6) is 0.941. The summed E-state index contributed by atoms with van der Waals surface area (Å²) in [5.41, 5.74) is -0.220. The van der Waals surface area contributed by atoms with Crippen molar-refractivity contribution in [3.8, 4) is 6.07 Å². The van der Waals surface area contributed by atoms with Crippen LogP contribution in [-0.4, -0.2) is 35.1 Å². The molecule has 106 valence electrons. The normalized spacial score (nSPS) is 35.0. The summed E-state index contributed by atoms with van der Waals surface area (Å²) in [4.78, 5) is 2.67. The van der Waals surface area contributed by atoms with Gasteiger partial charge in [0.15, 0.2) is 0 Å². The highest BCUT2D eigenvalue weighted by Crippen LogP contribution is 2.38. The minimum Gasteiger partial charge on any atom is -0.298 e. The molecule has 3 fully saturated rings. The zero-order valence-electron chi connectivity index (χ0n) is 12.4. The van der Waals surface area contributed by atoms with Crippen LogP contribution in [0.1, 0.15) is 58.8 Å². The lowest BCUT2D eigenvalue weighted by Crippen LogP contribution is -2.46. The average molecular weight is 261 g/mol. The van der Waals surface area contributed by atoms with Crippen LogP contribution < -0.4 is 5.32 Å². The molecule has 2 unspecified atom stereocenters. The van der Waals surface area contributed by atoms with Gasteiger partial charge in [0.2, 0.25) is 0 Å². The fraction of sp³-hybridized carbons (Fsp3) is 0.938. The molecule has 3 rings (SSSR count). The zero-order chi connectivity index (χ0) is 13.5. The quantitative estimate of drug-likeness (QED) is 0.799. The van der Waals surface area contributed by atoms with E-state index >= 15 is 0 Å². The highest BCUT2D eigenvalue weighted by atomic mass is 15.2. The van der Waals surface area contributed by atoms with Gasteiger partial charge in [0, 0.05) is 24.7 Å². The van der Waals surface area contributed by atoms with Gasteiger partial charge < -0.3 is 0 Å². The molecule has 3 saturated carbocycles. The number of nitrogens with one attached hydrogen (secondary N) is 1. The van der Waals surface area contributed by atoms with E-state index in [2.05, 4.69) is 30.1 Å². The van der Waals surface area contributed by atoms with Gasteiger partial charge in [-0.05, 0) is 64.7 Å². The molecule has 3 nitrogen and oxygen atoms in total. The van der Waals surface area contributed by atoms with Crippen molar-refractivity contribution in [3.63, 3.8) is 0 Å². The lowest BCUT2D eigenvalue weighted by atomic mass is 9.98. The van der Waals surface area contributed by atoms with Gasteiger partial charge >= 0.3 is 0 Å². The Morgan fingerprint density at radius 2 is 2.00 bits per heavy atom. The third-order valence-corrected chi connectivity index (χ3v) is 5.06. The summed E-state index contributed by atoms with van der Waals surface area (Å²) in [6.07, 6.45) is 8.63. The van der Waals surface area contributed by atoms with Gasteiger partial charge in [0.05, 0.1) is 6.07 Å². The standard InChI is InChI=1S/C16H27N3/c1-12(2)19(10-13-3-4-13)15-7-8-16(9-15,11-17)18-14-5-6-14/h12-15,18H,3-10H2,1-2H3. The van der Waals surface area contributed by atoms with Crippen LogP contribution in [0.3, 0.4) is 0 Å². The number of nitriles is 1. The second-order valence-corrected chi connectivity index (χ2v) is 7.24. The van der Waals surface area contributed by atoms with E-state index in [4.69, 9.17) is 0 Å². The number of hydrogen-bond donors (Lipinski definition) is 1. The first-order chi connectivity index (χ1) is 9.12. The third kappa shape index (κ3) is 3.12. The highest BCUT2D eigenvalue weighted by Gasteiger charge is 2.45. The Labute approximate surface area is 117 Å². The summed E-state index contributed by atoms with van der Waals surface area (Å²) in [7, 11) is 0. The molecule has 2 atom stereocenters. The van der Waals surface area contributed by atoms with Crippen LogP contribution in [0.2, 0.25) is 0 Å². The second-order valence-electron chi connectivity index (χ2n) is 7.24. The monoisotopic (exact) mass is 261 g/mol. The van der Waals surface area contributed by atoms with Crippen molar-refractivity contribution in [1.82, 2.24) is 10.2 Å². The van der Waals surface area contributed by atoms with E-state index in [0.29, 0.717) is 18.1 Å². The molecule has 0 saturated heterocycles. The first-order valence-electron chi connectivity index (χ1n) is 8.06. The number of rotatable bonds is 6. The maximum absolute atomic E-state index is 9.59. The maximum Gasteiger partial charge on any atom is 0.108 e. The number of nitrogens with zero attached hydrogens (tertiary/aromatic N) is 2. The molecule has 0 aliphatic heterocycles. The summed E-state index contributed by atoms with van der Waals surface area (Å²) in [5, 5.41) is 13.2. The van der Waals surface area contributed by atoms with Crippen molar-refractivity contribution in [3.05, 3.63) is 0 Å². The van der Waals surface area contributed by atoms with Gasteiger partial charge in [-0.25, -0.2) is 0 Å². The fourth-order valence-electron chi connectivity index (χ4n) is 3.57. The van der Waals surface area contributed by atoms with E-state index in [9.17, 15) is 5.26 Å². The Balaban J connectivity index is 1.62. The van der Waals surface area contributed by atoms with E-state index in [-0.39, 0.29) is 5.54 Å². The first kappa shape index (κ1) is 13.4. The summed E-state index contributed by atoms with van der Waals surface area (Å²) < 4.78 is 0. The minimum absolute atomic E-state index is 0.220. The van der Waals surface area contributed by atoms with Gasteiger partial charge in [0.25, 0.3) is 0 Å². The smallest absolute Gasteiger partial charge is 0.108 e. The Morgan fingerprint density at radius 1 is 1.26 bits per heavy atom. The molecule has 0 radical (unpaired) electrons. The molecule has 0 aromatic heterocycles. The van der Waals surface area contributed by atoms with Gasteiger partial charge in [0.1, 0.15) is 5.54 Å². The van der Waals surface area contributed by atoms with Crippen molar-refractivity contribution in [2.75, 3.05) is 6.54 Å². The molecule has 19 heavy (non-hydrogen) atoms.